The van der Waals surface area contributed by atoms with Crippen LogP contribution in [0.3, 0.4) is 0 Å². The summed E-state index contributed by atoms with van der Waals surface area (Å²) in [7, 11) is 0. The number of aromatic amines is 1. The van der Waals surface area contributed by atoms with E-state index in [2.05, 4.69) is 11.9 Å². The molecule has 5 nitrogen and oxygen atoms in total. The third-order valence-electron chi connectivity index (χ3n) is 3.96. The van der Waals surface area contributed by atoms with Crippen LogP contribution in [-0.4, -0.2) is 20.6 Å². The zero-order chi connectivity index (χ0) is 15.9. The molecule has 0 aliphatic rings. The number of fused-ring (bicyclic) bond motifs is 1. The van der Waals surface area contributed by atoms with Crippen LogP contribution in [0.4, 0.5) is 0 Å². The minimum atomic E-state index is -1.04. The molecule has 0 amide bonds. The van der Waals surface area contributed by atoms with Gasteiger partial charge in [0.25, 0.3) is 5.56 Å². The summed E-state index contributed by atoms with van der Waals surface area (Å²) in [5.74, 6) is -1.04. The summed E-state index contributed by atoms with van der Waals surface area (Å²) in [6.07, 6.45) is 1.38. The molecule has 0 aliphatic carbocycles. The lowest BCUT2D eigenvalue weighted by Gasteiger charge is -2.07. The Hall–Kier alpha value is -2.82. The van der Waals surface area contributed by atoms with Crippen molar-refractivity contribution in [3.05, 3.63) is 69.3 Å². The molecule has 2 heterocycles. The first-order valence-electron chi connectivity index (χ1n) is 6.97. The Labute approximate surface area is 126 Å². The Bertz CT molecular complexity index is 935. The van der Waals surface area contributed by atoms with Gasteiger partial charge in [0.2, 0.25) is 0 Å². The van der Waals surface area contributed by atoms with Crippen LogP contribution in [0.5, 0.6) is 0 Å². The van der Waals surface area contributed by atoms with E-state index in [1.54, 1.807) is 0 Å². The predicted molar refractivity (Wildman–Crippen MR) is 84.5 cm³/mol. The number of carboxylic acid groups (broad SMARTS) is 1. The summed E-state index contributed by atoms with van der Waals surface area (Å²) >= 11 is 0. The fraction of sp³-hybridized carbons (Fsp3) is 0.176. The Balaban J connectivity index is 2.03. The Kier molecular flexibility index (Phi) is 3.33. The second kappa shape index (κ2) is 5.18. The van der Waals surface area contributed by atoms with Crippen LogP contribution in [-0.2, 0) is 6.54 Å². The standard InChI is InChI=1S/C17H16N2O3/c1-10-11(2)18-15-5-3-12(7-14(10)15)8-19-9-13(17(21)22)4-6-16(19)20/h3-7,9,18H,8H2,1-2H3,(H,21,22). The highest BCUT2D eigenvalue weighted by Gasteiger charge is 2.08. The largest absolute Gasteiger partial charge is 0.478 e. The molecule has 2 aromatic heterocycles. The van der Waals surface area contributed by atoms with E-state index in [4.69, 9.17) is 5.11 Å². The van der Waals surface area contributed by atoms with Gasteiger partial charge in [-0.05, 0) is 43.2 Å². The number of aromatic nitrogens is 2. The quantitative estimate of drug-likeness (QED) is 0.780. The SMILES string of the molecule is Cc1[nH]c2ccc(Cn3cc(C(=O)O)ccc3=O)cc2c1C. The number of benzene rings is 1. The van der Waals surface area contributed by atoms with Crippen molar-refractivity contribution in [3.63, 3.8) is 0 Å². The number of nitrogens with one attached hydrogen (secondary N) is 1. The Morgan fingerprint density at radius 2 is 2.00 bits per heavy atom. The summed E-state index contributed by atoms with van der Waals surface area (Å²) in [6.45, 7) is 4.42. The molecule has 3 rings (SSSR count). The van der Waals surface area contributed by atoms with Crippen LogP contribution in [0.2, 0.25) is 0 Å². The number of aryl methyl sites for hydroxylation is 2. The average Bonchev–Trinajstić information content (AvgIpc) is 2.76. The topological polar surface area (TPSA) is 75.1 Å². The van der Waals surface area contributed by atoms with Gasteiger partial charge < -0.3 is 14.7 Å². The monoisotopic (exact) mass is 296 g/mol. The molecule has 0 fully saturated rings. The maximum atomic E-state index is 11.9. The van der Waals surface area contributed by atoms with E-state index >= 15 is 0 Å². The number of aromatic carboxylic acids is 1. The molecule has 0 unspecified atom stereocenters. The lowest BCUT2D eigenvalue weighted by Crippen LogP contribution is -2.20. The van der Waals surface area contributed by atoms with E-state index in [9.17, 15) is 9.59 Å². The minimum Gasteiger partial charge on any atom is -0.478 e. The molecule has 0 aliphatic heterocycles. The van der Waals surface area contributed by atoms with Gasteiger partial charge in [-0.15, -0.1) is 0 Å². The molecule has 5 heteroatoms. The highest BCUT2D eigenvalue weighted by atomic mass is 16.4. The van der Waals surface area contributed by atoms with Gasteiger partial charge in [0.15, 0.2) is 0 Å². The van der Waals surface area contributed by atoms with Gasteiger partial charge in [-0.25, -0.2) is 4.79 Å². The summed E-state index contributed by atoms with van der Waals surface area (Å²) in [5.41, 5.74) is 4.21. The van der Waals surface area contributed by atoms with Crippen LogP contribution in [0.25, 0.3) is 10.9 Å². The first-order valence-corrected chi connectivity index (χ1v) is 6.97. The highest BCUT2D eigenvalue weighted by Crippen LogP contribution is 2.22. The molecular weight excluding hydrogens is 280 g/mol. The number of hydrogen-bond acceptors (Lipinski definition) is 2. The summed E-state index contributed by atoms with van der Waals surface area (Å²) in [5, 5.41) is 10.1. The molecule has 22 heavy (non-hydrogen) atoms. The highest BCUT2D eigenvalue weighted by molar-refractivity contribution is 5.87. The van der Waals surface area contributed by atoms with Crippen LogP contribution in [0.15, 0.2) is 41.3 Å². The molecule has 0 radical (unpaired) electrons. The summed E-state index contributed by atoms with van der Waals surface area (Å²) in [6, 6.07) is 8.57. The number of carbonyl (C=O) groups is 1. The van der Waals surface area contributed by atoms with E-state index in [0.717, 1.165) is 22.2 Å². The second-order valence-electron chi connectivity index (χ2n) is 5.44. The molecule has 1 aromatic carbocycles. The number of hydrogen-bond donors (Lipinski definition) is 2. The summed E-state index contributed by atoms with van der Waals surface area (Å²) in [4.78, 5) is 26.2. The van der Waals surface area contributed by atoms with Gasteiger partial charge in [-0.1, -0.05) is 6.07 Å². The fourth-order valence-electron chi connectivity index (χ4n) is 2.58. The Morgan fingerprint density at radius 3 is 2.73 bits per heavy atom. The van der Waals surface area contributed by atoms with Crippen molar-refractivity contribution in [2.75, 3.05) is 0 Å². The van der Waals surface area contributed by atoms with Gasteiger partial charge in [0, 0.05) is 28.9 Å². The predicted octanol–water partition coefficient (Wildman–Crippen LogP) is 2.69. The van der Waals surface area contributed by atoms with Gasteiger partial charge in [0.1, 0.15) is 0 Å². The van der Waals surface area contributed by atoms with Gasteiger partial charge in [0.05, 0.1) is 12.1 Å². The fourth-order valence-corrected chi connectivity index (χ4v) is 2.58. The van der Waals surface area contributed by atoms with Crippen molar-refractivity contribution in [1.82, 2.24) is 9.55 Å². The molecule has 0 spiro atoms. The lowest BCUT2D eigenvalue weighted by atomic mass is 10.1. The van der Waals surface area contributed by atoms with Crippen molar-refractivity contribution in [3.8, 4) is 0 Å². The number of carboxylic acids is 1. The third-order valence-corrected chi connectivity index (χ3v) is 3.96. The number of pyridine rings is 1. The number of nitrogens with zero attached hydrogens (tertiary/aromatic N) is 1. The molecule has 0 atom stereocenters. The van der Waals surface area contributed by atoms with Crippen LogP contribution in [0, 0.1) is 13.8 Å². The second-order valence-corrected chi connectivity index (χ2v) is 5.44. The van der Waals surface area contributed by atoms with E-state index in [-0.39, 0.29) is 11.1 Å². The molecule has 3 aromatic rings. The molecule has 0 bridgehead atoms. The van der Waals surface area contributed by atoms with Crippen molar-refractivity contribution in [2.45, 2.75) is 20.4 Å². The Morgan fingerprint density at radius 1 is 1.23 bits per heavy atom. The number of H-pyrrole nitrogens is 1. The zero-order valence-corrected chi connectivity index (χ0v) is 12.4. The third kappa shape index (κ3) is 2.41. The molecule has 2 N–H and O–H groups in total. The van der Waals surface area contributed by atoms with E-state index in [1.807, 2.05) is 25.1 Å². The van der Waals surface area contributed by atoms with Gasteiger partial charge in [-0.3, -0.25) is 4.79 Å². The van der Waals surface area contributed by atoms with Crippen LogP contribution >= 0.6 is 0 Å². The average molecular weight is 296 g/mol. The molecule has 0 saturated carbocycles. The maximum Gasteiger partial charge on any atom is 0.337 e. The van der Waals surface area contributed by atoms with Crippen LogP contribution < -0.4 is 5.56 Å². The van der Waals surface area contributed by atoms with E-state index < -0.39 is 5.97 Å². The van der Waals surface area contributed by atoms with Crippen molar-refractivity contribution < 1.29 is 9.90 Å². The zero-order valence-electron chi connectivity index (χ0n) is 12.4. The number of rotatable bonds is 3. The molecule has 112 valence electrons. The van der Waals surface area contributed by atoms with Crippen molar-refractivity contribution >= 4 is 16.9 Å². The van der Waals surface area contributed by atoms with Gasteiger partial charge >= 0.3 is 5.97 Å². The van der Waals surface area contributed by atoms with E-state index in [1.165, 1.54) is 28.5 Å². The van der Waals surface area contributed by atoms with Crippen LogP contribution in [0.1, 0.15) is 27.2 Å². The first-order chi connectivity index (χ1) is 10.5. The summed E-state index contributed by atoms with van der Waals surface area (Å²) < 4.78 is 1.42. The molecular formula is C17H16N2O3. The van der Waals surface area contributed by atoms with Gasteiger partial charge in [-0.2, -0.15) is 0 Å². The van der Waals surface area contributed by atoms with Crippen molar-refractivity contribution in [2.24, 2.45) is 0 Å². The normalized spacial score (nSPS) is 11.0. The van der Waals surface area contributed by atoms with Crippen molar-refractivity contribution in [1.29, 1.82) is 0 Å². The lowest BCUT2D eigenvalue weighted by molar-refractivity contribution is 0.0696. The minimum absolute atomic E-state index is 0.106. The first kappa shape index (κ1) is 14.1. The molecule has 0 saturated heterocycles. The maximum absolute atomic E-state index is 11.9. The van der Waals surface area contributed by atoms with E-state index in [0.29, 0.717) is 6.54 Å². The smallest absolute Gasteiger partial charge is 0.337 e.